The number of hydrogen-bond acceptors (Lipinski definition) is 5. The van der Waals surface area contributed by atoms with Gasteiger partial charge in [0.1, 0.15) is 0 Å². The van der Waals surface area contributed by atoms with Gasteiger partial charge in [-0.05, 0) is 73.6 Å². The molecule has 8 heteroatoms. The number of methoxy groups -OCH3 is 1. The number of hydrogen-bond donors (Lipinski definition) is 2. The molecule has 0 radical (unpaired) electrons. The lowest BCUT2D eigenvalue weighted by Gasteiger charge is -2.29. The number of H-pyrrole nitrogens is 1. The SMILES string of the molecule is COCCCNC(=S)N(CCCN1CCOCC1)Cc1cc2cc(C)c(C)cc2[nH]c1=O. The fourth-order valence-electron chi connectivity index (χ4n) is 3.93. The molecule has 0 bridgehead atoms. The maximum absolute atomic E-state index is 12.8. The van der Waals surface area contributed by atoms with Gasteiger partial charge in [-0.25, -0.2) is 0 Å². The molecule has 0 spiro atoms. The third kappa shape index (κ3) is 7.00. The molecule has 0 unspecified atom stereocenters. The third-order valence-corrected chi connectivity index (χ3v) is 6.39. The van der Waals surface area contributed by atoms with Gasteiger partial charge in [-0.15, -0.1) is 0 Å². The van der Waals surface area contributed by atoms with Crippen molar-refractivity contribution < 1.29 is 9.47 Å². The monoisotopic (exact) mass is 460 g/mol. The minimum Gasteiger partial charge on any atom is -0.385 e. The molecule has 1 saturated heterocycles. The minimum absolute atomic E-state index is 0.0545. The van der Waals surface area contributed by atoms with E-state index in [2.05, 4.69) is 40.0 Å². The molecule has 7 nitrogen and oxygen atoms in total. The summed E-state index contributed by atoms with van der Waals surface area (Å²) in [5, 5.41) is 5.06. The van der Waals surface area contributed by atoms with E-state index in [9.17, 15) is 4.79 Å². The van der Waals surface area contributed by atoms with E-state index in [1.54, 1.807) is 7.11 Å². The summed E-state index contributed by atoms with van der Waals surface area (Å²) in [5.74, 6) is 0. The van der Waals surface area contributed by atoms with Gasteiger partial charge in [-0.3, -0.25) is 9.69 Å². The Morgan fingerprint density at radius 1 is 1.22 bits per heavy atom. The van der Waals surface area contributed by atoms with E-state index in [1.165, 1.54) is 11.1 Å². The first-order valence-corrected chi connectivity index (χ1v) is 11.8. The second-order valence-electron chi connectivity index (χ2n) is 8.45. The first-order chi connectivity index (χ1) is 15.5. The van der Waals surface area contributed by atoms with E-state index in [4.69, 9.17) is 21.7 Å². The first kappa shape index (κ1) is 24.6. The molecular formula is C24H36N4O3S. The van der Waals surface area contributed by atoms with Crippen molar-refractivity contribution in [1.82, 2.24) is 20.1 Å². The molecule has 0 amide bonds. The maximum Gasteiger partial charge on any atom is 0.253 e. The van der Waals surface area contributed by atoms with Gasteiger partial charge in [0.2, 0.25) is 0 Å². The molecule has 32 heavy (non-hydrogen) atoms. The summed E-state index contributed by atoms with van der Waals surface area (Å²) >= 11 is 5.70. The summed E-state index contributed by atoms with van der Waals surface area (Å²) < 4.78 is 10.6. The second-order valence-corrected chi connectivity index (χ2v) is 8.84. The van der Waals surface area contributed by atoms with E-state index < -0.39 is 0 Å². The van der Waals surface area contributed by atoms with Gasteiger partial charge >= 0.3 is 0 Å². The average Bonchev–Trinajstić information content (AvgIpc) is 2.78. The number of morpholine rings is 1. The van der Waals surface area contributed by atoms with Crippen molar-refractivity contribution in [3.63, 3.8) is 0 Å². The summed E-state index contributed by atoms with van der Waals surface area (Å²) in [6.07, 6.45) is 1.86. The van der Waals surface area contributed by atoms with Gasteiger partial charge in [0.25, 0.3) is 5.56 Å². The Labute approximate surface area is 196 Å². The number of aromatic amines is 1. The van der Waals surface area contributed by atoms with Crippen molar-refractivity contribution >= 4 is 28.2 Å². The van der Waals surface area contributed by atoms with Crippen molar-refractivity contribution in [2.45, 2.75) is 33.2 Å². The number of nitrogens with zero attached hydrogens (tertiary/aromatic N) is 2. The Bertz CT molecular complexity index is 956. The fourth-order valence-corrected chi connectivity index (χ4v) is 4.19. The van der Waals surface area contributed by atoms with Crippen LogP contribution in [0.4, 0.5) is 0 Å². The van der Waals surface area contributed by atoms with Crippen LogP contribution in [0.25, 0.3) is 10.9 Å². The van der Waals surface area contributed by atoms with Crippen molar-refractivity contribution in [2.75, 3.05) is 59.7 Å². The number of rotatable bonds is 10. The number of aromatic nitrogens is 1. The molecule has 2 heterocycles. The Kier molecular flexibility index (Phi) is 9.47. The number of nitrogens with one attached hydrogen (secondary N) is 2. The first-order valence-electron chi connectivity index (χ1n) is 11.4. The van der Waals surface area contributed by atoms with Gasteiger partial charge in [-0.2, -0.15) is 0 Å². The van der Waals surface area contributed by atoms with Crippen molar-refractivity contribution in [2.24, 2.45) is 0 Å². The number of thiocarbonyl (C=S) groups is 1. The molecule has 1 aliphatic heterocycles. The summed E-state index contributed by atoms with van der Waals surface area (Å²) in [5.41, 5.74) is 3.94. The van der Waals surface area contributed by atoms with Crippen LogP contribution in [0.1, 0.15) is 29.5 Å². The zero-order valence-corrected chi connectivity index (χ0v) is 20.4. The summed E-state index contributed by atoms with van der Waals surface area (Å²) in [6.45, 7) is 11.4. The molecule has 176 valence electrons. The van der Waals surface area contributed by atoms with E-state index in [0.717, 1.165) is 75.2 Å². The highest BCUT2D eigenvalue weighted by Crippen LogP contribution is 2.18. The molecule has 1 aliphatic rings. The lowest BCUT2D eigenvalue weighted by atomic mass is 10.0. The Morgan fingerprint density at radius 2 is 1.97 bits per heavy atom. The molecule has 1 aromatic carbocycles. The van der Waals surface area contributed by atoms with Crippen LogP contribution in [0.3, 0.4) is 0 Å². The van der Waals surface area contributed by atoms with Gasteiger partial charge in [0, 0.05) is 57.5 Å². The molecular weight excluding hydrogens is 424 g/mol. The smallest absolute Gasteiger partial charge is 0.253 e. The highest BCUT2D eigenvalue weighted by atomic mass is 32.1. The quantitative estimate of drug-likeness (QED) is 0.417. The van der Waals surface area contributed by atoms with Crippen LogP contribution in [0, 0.1) is 13.8 Å². The van der Waals surface area contributed by atoms with E-state index in [1.807, 2.05) is 12.1 Å². The van der Waals surface area contributed by atoms with Crippen LogP contribution in [0.15, 0.2) is 23.0 Å². The lowest BCUT2D eigenvalue weighted by molar-refractivity contribution is 0.0367. The van der Waals surface area contributed by atoms with Gasteiger partial charge < -0.3 is 24.7 Å². The predicted molar refractivity (Wildman–Crippen MR) is 133 cm³/mol. The van der Waals surface area contributed by atoms with Crippen LogP contribution >= 0.6 is 12.2 Å². The molecule has 0 atom stereocenters. The van der Waals surface area contributed by atoms with Gasteiger partial charge in [-0.1, -0.05) is 0 Å². The predicted octanol–water partition coefficient (Wildman–Crippen LogP) is 2.58. The van der Waals surface area contributed by atoms with Crippen molar-refractivity contribution in [1.29, 1.82) is 0 Å². The van der Waals surface area contributed by atoms with Gasteiger partial charge in [0.05, 0.1) is 19.8 Å². The normalized spacial score (nSPS) is 14.6. The molecule has 0 saturated carbocycles. The van der Waals surface area contributed by atoms with Crippen LogP contribution in [-0.4, -0.2) is 79.6 Å². The van der Waals surface area contributed by atoms with E-state index >= 15 is 0 Å². The molecule has 3 rings (SSSR count). The zero-order valence-electron chi connectivity index (χ0n) is 19.5. The van der Waals surface area contributed by atoms with E-state index in [0.29, 0.717) is 18.3 Å². The number of pyridine rings is 1. The van der Waals surface area contributed by atoms with Crippen LogP contribution in [0.2, 0.25) is 0 Å². The molecule has 0 aliphatic carbocycles. The van der Waals surface area contributed by atoms with Crippen LogP contribution < -0.4 is 10.9 Å². The van der Waals surface area contributed by atoms with Crippen LogP contribution in [0.5, 0.6) is 0 Å². The van der Waals surface area contributed by atoms with E-state index in [-0.39, 0.29) is 5.56 Å². The molecule has 1 aromatic heterocycles. The number of benzene rings is 1. The number of ether oxygens (including phenoxy) is 2. The topological polar surface area (TPSA) is 69.8 Å². The Morgan fingerprint density at radius 3 is 2.72 bits per heavy atom. The second kappa shape index (κ2) is 12.3. The zero-order chi connectivity index (χ0) is 22.9. The van der Waals surface area contributed by atoms with Crippen molar-refractivity contribution in [3.05, 3.63) is 45.2 Å². The Hall–Kier alpha value is -2.00. The highest BCUT2D eigenvalue weighted by Gasteiger charge is 2.15. The van der Waals surface area contributed by atoms with Gasteiger partial charge in [0.15, 0.2) is 5.11 Å². The van der Waals surface area contributed by atoms with Crippen LogP contribution in [-0.2, 0) is 16.0 Å². The summed E-state index contributed by atoms with van der Waals surface area (Å²) in [4.78, 5) is 20.4. The number of aryl methyl sites for hydroxylation is 2. The lowest BCUT2D eigenvalue weighted by Crippen LogP contribution is -2.43. The standard InChI is InChI=1S/C24H36N4O3S/c1-18-14-20-16-21(23(29)26-22(20)15-19(18)2)17-28(24(32)25-6-4-11-30-3)8-5-7-27-9-12-31-13-10-27/h14-16H,4-13,17H2,1-3H3,(H,25,32)(H,26,29). The fraction of sp³-hybridized carbons (Fsp3) is 0.583. The third-order valence-electron chi connectivity index (χ3n) is 5.99. The molecule has 2 aromatic rings. The molecule has 2 N–H and O–H groups in total. The molecule has 1 fully saturated rings. The summed E-state index contributed by atoms with van der Waals surface area (Å²) in [7, 11) is 1.70. The highest BCUT2D eigenvalue weighted by molar-refractivity contribution is 7.80. The summed E-state index contributed by atoms with van der Waals surface area (Å²) in [6, 6.07) is 6.18. The Balaban J connectivity index is 1.71. The maximum atomic E-state index is 12.8. The van der Waals surface area contributed by atoms with Crippen molar-refractivity contribution in [3.8, 4) is 0 Å². The number of fused-ring (bicyclic) bond motifs is 1. The average molecular weight is 461 g/mol. The minimum atomic E-state index is -0.0545. The largest absolute Gasteiger partial charge is 0.385 e.